The predicted octanol–water partition coefficient (Wildman–Crippen LogP) is 1.66. The van der Waals surface area contributed by atoms with E-state index in [1.54, 1.807) is 12.3 Å². The second-order valence-electron chi connectivity index (χ2n) is 2.26. The van der Waals surface area contributed by atoms with Crippen LogP contribution < -0.4 is 4.87 Å². The number of nitrogens with zero attached hydrogens (tertiary/aromatic N) is 2. The van der Waals surface area contributed by atoms with E-state index in [2.05, 4.69) is 31.1 Å². The molecule has 2 aromatic rings. The van der Waals surface area contributed by atoms with Gasteiger partial charge < -0.3 is 0 Å². The van der Waals surface area contributed by atoms with E-state index in [4.69, 9.17) is 0 Å². The molecule has 0 fully saturated rings. The monoisotopic (exact) mass is 257 g/mol. The Kier molecular flexibility index (Phi) is 2.24. The first-order valence-corrected chi connectivity index (χ1v) is 5.05. The van der Waals surface area contributed by atoms with Gasteiger partial charge in [-0.05, 0) is 28.1 Å². The van der Waals surface area contributed by atoms with Gasteiger partial charge in [0.1, 0.15) is 4.60 Å². The van der Waals surface area contributed by atoms with E-state index in [-0.39, 0.29) is 4.87 Å². The Labute approximate surface area is 85.8 Å². The Hall–Kier alpha value is -1.01. The number of aromatic amines is 1. The molecule has 66 valence electrons. The number of hydrogen-bond acceptors (Lipinski definition) is 4. The van der Waals surface area contributed by atoms with Gasteiger partial charge in [0, 0.05) is 11.8 Å². The van der Waals surface area contributed by atoms with Crippen molar-refractivity contribution in [1.29, 1.82) is 0 Å². The Balaban J connectivity index is 2.58. The van der Waals surface area contributed by atoms with E-state index in [9.17, 15) is 4.79 Å². The lowest BCUT2D eigenvalue weighted by molar-refractivity contribution is 1.06. The van der Waals surface area contributed by atoms with E-state index in [0.717, 1.165) is 16.9 Å². The van der Waals surface area contributed by atoms with Crippen LogP contribution in [0.5, 0.6) is 0 Å². The fourth-order valence-corrected chi connectivity index (χ4v) is 2.09. The summed E-state index contributed by atoms with van der Waals surface area (Å²) in [6, 6.07) is 3.65. The SMILES string of the molecule is O=c1[nH]nc(-c2cccnc2Br)s1. The van der Waals surface area contributed by atoms with Gasteiger partial charge in [-0.3, -0.25) is 4.79 Å². The molecule has 0 radical (unpaired) electrons. The Bertz CT molecular complexity index is 478. The third-order valence-corrected chi connectivity index (χ3v) is 2.84. The van der Waals surface area contributed by atoms with Gasteiger partial charge in [-0.15, -0.1) is 0 Å². The molecule has 0 atom stereocenters. The Morgan fingerprint density at radius 2 is 2.38 bits per heavy atom. The molecule has 0 aliphatic rings. The smallest absolute Gasteiger partial charge is 0.255 e. The summed E-state index contributed by atoms with van der Waals surface area (Å²) in [5, 5.41) is 6.86. The highest BCUT2D eigenvalue weighted by Crippen LogP contribution is 2.25. The van der Waals surface area contributed by atoms with Crippen molar-refractivity contribution >= 4 is 27.3 Å². The zero-order chi connectivity index (χ0) is 9.26. The topological polar surface area (TPSA) is 58.6 Å². The highest BCUT2D eigenvalue weighted by atomic mass is 79.9. The molecular formula is C7H4BrN3OS. The lowest BCUT2D eigenvalue weighted by Crippen LogP contribution is -1.90. The van der Waals surface area contributed by atoms with Crippen molar-refractivity contribution in [2.75, 3.05) is 0 Å². The lowest BCUT2D eigenvalue weighted by atomic mass is 10.3. The number of hydrogen-bond donors (Lipinski definition) is 1. The van der Waals surface area contributed by atoms with Crippen LogP contribution in [0.1, 0.15) is 0 Å². The van der Waals surface area contributed by atoms with E-state index in [1.807, 2.05) is 6.07 Å². The van der Waals surface area contributed by atoms with Gasteiger partial charge in [-0.25, -0.2) is 10.1 Å². The van der Waals surface area contributed by atoms with Crippen LogP contribution >= 0.6 is 27.3 Å². The van der Waals surface area contributed by atoms with Crippen LogP contribution in [-0.4, -0.2) is 15.2 Å². The van der Waals surface area contributed by atoms with Crippen LogP contribution in [0.15, 0.2) is 27.7 Å². The molecule has 0 unspecified atom stereocenters. The van der Waals surface area contributed by atoms with Crippen molar-refractivity contribution in [3.8, 4) is 10.6 Å². The van der Waals surface area contributed by atoms with Gasteiger partial charge in [0.2, 0.25) is 0 Å². The van der Waals surface area contributed by atoms with E-state index in [0.29, 0.717) is 9.61 Å². The van der Waals surface area contributed by atoms with Crippen molar-refractivity contribution < 1.29 is 0 Å². The molecule has 0 bridgehead atoms. The Morgan fingerprint density at radius 1 is 1.54 bits per heavy atom. The second-order valence-corrected chi connectivity index (χ2v) is 3.97. The van der Waals surface area contributed by atoms with Crippen molar-refractivity contribution in [2.45, 2.75) is 0 Å². The lowest BCUT2D eigenvalue weighted by Gasteiger charge is -1.95. The maximum atomic E-state index is 10.8. The molecule has 0 aliphatic carbocycles. The molecule has 2 rings (SSSR count). The highest BCUT2D eigenvalue weighted by molar-refractivity contribution is 9.10. The van der Waals surface area contributed by atoms with E-state index < -0.39 is 0 Å². The molecule has 4 nitrogen and oxygen atoms in total. The minimum Gasteiger partial charge on any atom is -0.255 e. The molecule has 6 heteroatoms. The van der Waals surface area contributed by atoms with Crippen LogP contribution in [0.2, 0.25) is 0 Å². The Morgan fingerprint density at radius 3 is 3.00 bits per heavy atom. The number of H-pyrrole nitrogens is 1. The van der Waals surface area contributed by atoms with Crippen molar-refractivity contribution in [2.24, 2.45) is 0 Å². The van der Waals surface area contributed by atoms with Gasteiger partial charge in [-0.1, -0.05) is 11.3 Å². The quantitative estimate of drug-likeness (QED) is 0.791. The molecule has 0 saturated heterocycles. The highest BCUT2D eigenvalue weighted by Gasteiger charge is 2.06. The number of rotatable bonds is 1. The molecule has 0 amide bonds. The molecule has 0 saturated carbocycles. The van der Waals surface area contributed by atoms with Crippen molar-refractivity contribution in [1.82, 2.24) is 15.2 Å². The molecule has 0 aromatic carbocycles. The van der Waals surface area contributed by atoms with Crippen LogP contribution in [0, 0.1) is 0 Å². The molecule has 0 spiro atoms. The van der Waals surface area contributed by atoms with Crippen molar-refractivity contribution in [3.05, 3.63) is 32.6 Å². The molecule has 0 aliphatic heterocycles. The van der Waals surface area contributed by atoms with Gasteiger partial charge >= 0.3 is 4.87 Å². The zero-order valence-corrected chi connectivity index (χ0v) is 8.72. The summed E-state index contributed by atoms with van der Waals surface area (Å²) >= 11 is 4.34. The minimum atomic E-state index is -0.161. The molecular weight excluding hydrogens is 254 g/mol. The van der Waals surface area contributed by atoms with Crippen LogP contribution in [0.3, 0.4) is 0 Å². The first kappa shape index (κ1) is 8.58. The summed E-state index contributed by atoms with van der Waals surface area (Å²) in [5.74, 6) is 0. The van der Waals surface area contributed by atoms with Gasteiger partial charge in [0.05, 0.1) is 0 Å². The minimum absolute atomic E-state index is 0.161. The van der Waals surface area contributed by atoms with Crippen molar-refractivity contribution in [3.63, 3.8) is 0 Å². The molecule has 2 heterocycles. The summed E-state index contributed by atoms with van der Waals surface area (Å²) in [6.45, 7) is 0. The fourth-order valence-electron chi connectivity index (χ4n) is 0.891. The summed E-state index contributed by atoms with van der Waals surface area (Å²) in [6.07, 6.45) is 1.67. The molecule has 13 heavy (non-hydrogen) atoms. The number of nitrogens with one attached hydrogen (secondary N) is 1. The van der Waals surface area contributed by atoms with Gasteiger partial charge in [0.15, 0.2) is 5.01 Å². The van der Waals surface area contributed by atoms with Gasteiger partial charge in [0.25, 0.3) is 0 Å². The van der Waals surface area contributed by atoms with E-state index in [1.165, 1.54) is 0 Å². The third kappa shape index (κ3) is 1.68. The first-order chi connectivity index (χ1) is 6.27. The largest absolute Gasteiger partial charge is 0.322 e. The predicted molar refractivity (Wildman–Crippen MR) is 53.7 cm³/mol. The van der Waals surface area contributed by atoms with Crippen LogP contribution in [0.25, 0.3) is 10.6 Å². The van der Waals surface area contributed by atoms with E-state index >= 15 is 0 Å². The maximum absolute atomic E-state index is 10.8. The maximum Gasteiger partial charge on any atom is 0.322 e. The zero-order valence-electron chi connectivity index (χ0n) is 6.32. The summed E-state index contributed by atoms with van der Waals surface area (Å²) in [7, 11) is 0. The fraction of sp³-hybridized carbons (Fsp3) is 0. The normalized spacial score (nSPS) is 10.2. The summed E-state index contributed by atoms with van der Waals surface area (Å²) in [5.41, 5.74) is 0.825. The summed E-state index contributed by atoms with van der Waals surface area (Å²) in [4.78, 5) is 14.7. The van der Waals surface area contributed by atoms with Gasteiger partial charge in [-0.2, -0.15) is 5.10 Å². The molecule has 2 aromatic heterocycles. The van der Waals surface area contributed by atoms with Crippen LogP contribution in [-0.2, 0) is 0 Å². The standard InChI is InChI=1S/C7H4BrN3OS/c8-5-4(2-1-3-9-5)6-10-11-7(12)13-6/h1-3H,(H,11,12). The third-order valence-electron chi connectivity index (χ3n) is 1.43. The number of halogens is 1. The second kappa shape index (κ2) is 3.39. The average molecular weight is 258 g/mol. The summed E-state index contributed by atoms with van der Waals surface area (Å²) < 4.78 is 0.692. The number of pyridine rings is 1. The average Bonchev–Trinajstić information content (AvgIpc) is 2.53. The molecule has 1 N–H and O–H groups in total. The van der Waals surface area contributed by atoms with Crippen LogP contribution in [0.4, 0.5) is 0 Å². The first-order valence-electron chi connectivity index (χ1n) is 3.44. The number of aromatic nitrogens is 3.